The lowest BCUT2D eigenvalue weighted by Gasteiger charge is -2.13. The van der Waals surface area contributed by atoms with Gasteiger partial charge in [0.25, 0.3) is 6.43 Å². The van der Waals surface area contributed by atoms with Crippen LogP contribution in [0.25, 0.3) is 0 Å². The minimum absolute atomic E-state index is 0.0677. The lowest BCUT2D eigenvalue weighted by molar-refractivity contribution is 0.151. The Bertz CT molecular complexity index is 1200. The number of alkyl halides is 2. The molecule has 0 spiro atoms. The van der Waals surface area contributed by atoms with E-state index in [-0.39, 0.29) is 34.1 Å². The minimum atomic E-state index is -2.85. The predicted octanol–water partition coefficient (Wildman–Crippen LogP) is 3.52. The number of nitrogens with zero attached hydrogens (tertiary/aromatic N) is 4. The zero-order valence-electron chi connectivity index (χ0n) is 15.4. The second-order valence-electron chi connectivity index (χ2n) is 6.23. The first kappa shape index (κ1) is 21.4. The third kappa shape index (κ3) is 4.17. The smallest absolute Gasteiger partial charge is 0.347 e. The molecule has 3 aromatic rings. The molecule has 2 aromatic carbocycles. The summed E-state index contributed by atoms with van der Waals surface area (Å²) >= 11 is 6.03. The zero-order valence-corrected chi connectivity index (χ0v) is 16.2. The maximum Gasteiger partial charge on any atom is 0.347 e. The van der Waals surface area contributed by atoms with Crippen LogP contribution in [0.2, 0.25) is 5.02 Å². The molecule has 1 N–H and O–H groups in total. The van der Waals surface area contributed by atoms with Crippen LogP contribution in [0.3, 0.4) is 0 Å². The van der Waals surface area contributed by atoms with Crippen molar-refractivity contribution in [2.75, 3.05) is 0 Å². The van der Waals surface area contributed by atoms with Crippen molar-refractivity contribution in [1.82, 2.24) is 14.3 Å². The molecule has 0 aliphatic rings. The topological polar surface area (TPSA) is 93.1 Å². The summed E-state index contributed by atoms with van der Waals surface area (Å²) in [4.78, 5) is 11.9. The molecular weight excluding hydrogens is 425 g/mol. The van der Waals surface area contributed by atoms with E-state index in [9.17, 15) is 13.6 Å². The third-order valence-corrected chi connectivity index (χ3v) is 4.57. The first-order valence-corrected chi connectivity index (χ1v) is 8.84. The molecule has 0 unspecified atom stereocenters. The van der Waals surface area contributed by atoms with Crippen molar-refractivity contribution in [1.29, 1.82) is 5.26 Å². The van der Waals surface area contributed by atoms with Crippen LogP contribution in [-0.4, -0.2) is 19.5 Å². The summed E-state index contributed by atoms with van der Waals surface area (Å²) in [5.74, 6) is -1.31. The lowest BCUT2D eigenvalue weighted by atomic mass is 10.1. The SMILES string of the molecule is Cn1c(Cc2ccc(Cl)c(Oc3cc(C#N)cc(C(F)F)c3)c2F)nn(CO)c1=O. The van der Waals surface area contributed by atoms with Crippen LogP contribution in [0, 0.1) is 17.1 Å². The number of aromatic nitrogens is 3. The fourth-order valence-electron chi connectivity index (χ4n) is 2.74. The fourth-order valence-corrected chi connectivity index (χ4v) is 2.93. The van der Waals surface area contributed by atoms with Crippen molar-refractivity contribution in [2.45, 2.75) is 19.6 Å². The van der Waals surface area contributed by atoms with Gasteiger partial charge in [0, 0.05) is 19.0 Å². The Morgan fingerprint density at radius 3 is 2.67 bits per heavy atom. The van der Waals surface area contributed by atoms with Crippen LogP contribution < -0.4 is 10.4 Å². The Balaban J connectivity index is 1.99. The number of hydrogen-bond acceptors (Lipinski definition) is 5. The van der Waals surface area contributed by atoms with Crippen LogP contribution in [0.4, 0.5) is 13.2 Å². The molecule has 3 rings (SSSR count). The first-order valence-electron chi connectivity index (χ1n) is 8.46. The highest BCUT2D eigenvalue weighted by molar-refractivity contribution is 6.32. The molecule has 1 heterocycles. The number of hydrogen-bond donors (Lipinski definition) is 1. The normalized spacial score (nSPS) is 11.0. The molecule has 11 heteroatoms. The van der Waals surface area contributed by atoms with Crippen molar-refractivity contribution >= 4 is 11.6 Å². The standard InChI is InChI=1S/C19H14ClF3N4O3/c1-26-15(25-27(9-28)19(26)29)7-11-2-3-14(20)17(16(11)21)30-13-5-10(8-24)4-12(6-13)18(22)23/h2-6,18,28H,7,9H2,1H3. The highest BCUT2D eigenvalue weighted by atomic mass is 35.5. The molecule has 0 saturated heterocycles. The van der Waals surface area contributed by atoms with E-state index in [2.05, 4.69) is 5.10 Å². The number of benzene rings is 2. The van der Waals surface area contributed by atoms with E-state index in [1.165, 1.54) is 25.2 Å². The number of nitriles is 1. The second-order valence-corrected chi connectivity index (χ2v) is 6.64. The molecule has 0 aliphatic carbocycles. The van der Waals surface area contributed by atoms with E-state index in [0.29, 0.717) is 0 Å². The van der Waals surface area contributed by atoms with E-state index in [1.807, 2.05) is 0 Å². The summed E-state index contributed by atoms with van der Waals surface area (Å²) in [6.07, 6.45) is -2.98. The molecule has 0 fully saturated rings. The largest absolute Gasteiger partial charge is 0.453 e. The van der Waals surface area contributed by atoms with Crippen molar-refractivity contribution in [2.24, 2.45) is 7.05 Å². The van der Waals surface area contributed by atoms with Crippen molar-refractivity contribution in [3.05, 3.63) is 74.2 Å². The van der Waals surface area contributed by atoms with Crippen molar-refractivity contribution in [3.8, 4) is 17.6 Å². The maximum atomic E-state index is 15.1. The van der Waals surface area contributed by atoms with E-state index < -0.39 is 36.0 Å². The van der Waals surface area contributed by atoms with Crippen LogP contribution in [0.1, 0.15) is 28.9 Å². The molecule has 0 aliphatic heterocycles. The summed E-state index contributed by atoms with van der Waals surface area (Å²) in [6.45, 7) is -0.633. The molecule has 0 atom stereocenters. The number of rotatable bonds is 6. The van der Waals surface area contributed by atoms with Gasteiger partial charge in [-0.25, -0.2) is 18.0 Å². The van der Waals surface area contributed by atoms with Crippen LogP contribution in [0.15, 0.2) is 35.1 Å². The lowest BCUT2D eigenvalue weighted by Crippen LogP contribution is -2.23. The maximum absolute atomic E-state index is 15.1. The van der Waals surface area contributed by atoms with Gasteiger partial charge in [-0.15, -0.1) is 0 Å². The highest BCUT2D eigenvalue weighted by Crippen LogP contribution is 2.36. The van der Waals surface area contributed by atoms with Crippen LogP contribution in [0.5, 0.6) is 11.5 Å². The van der Waals surface area contributed by atoms with Gasteiger partial charge < -0.3 is 9.84 Å². The second kappa shape index (κ2) is 8.61. The van der Waals surface area contributed by atoms with Crippen molar-refractivity contribution in [3.63, 3.8) is 0 Å². The van der Waals surface area contributed by atoms with Gasteiger partial charge in [-0.05, 0) is 29.8 Å². The quantitative estimate of drug-likeness (QED) is 0.635. The number of halogens is 4. The van der Waals surface area contributed by atoms with Crippen LogP contribution in [-0.2, 0) is 20.2 Å². The Hall–Kier alpha value is -3.29. The molecule has 30 heavy (non-hydrogen) atoms. The summed E-state index contributed by atoms with van der Waals surface area (Å²) in [5, 5.41) is 21.9. The first-order chi connectivity index (χ1) is 14.2. The van der Waals surface area contributed by atoms with E-state index in [4.69, 9.17) is 26.7 Å². The van der Waals surface area contributed by atoms with E-state index >= 15 is 4.39 Å². The molecule has 0 bridgehead atoms. The van der Waals surface area contributed by atoms with Gasteiger partial charge in [-0.2, -0.15) is 15.0 Å². The van der Waals surface area contributed by atoms with Crippen LogP contribution >= 0.6 is 11.6 Å². The Labute approximate surface area is 173 Å². The van der Waals surface area contributed by atoms with E-state index in [1.54, 1.807) is 6.07 Å². The predicted molar refractivity (Wildman–Crippen MR) is 100 cm³/mol. The average molecular weight is 439 g/mol. The minimum Gasteiger partial charge on any atom is -0.453 e. The molecule has 7 nitrogen and oxygen atoms in total. The van der Waals surface area contributed by atoms with Gasteiger partial charge in [0.15, 0.2) is 11.6 Å². The molecule has 1 aromatic heterocycles. The van der Waals surface area contributed by atoms with E-state index in [0.717, 1.165) is 21.4 Å². The van der Waals surface area contributed by atoms with Gasteiger partial charge >= 0.3 is 5.69 Å². The molecular formula is C19H14ClF3N4O3. The Morgan fingerprint density at radius 2 is 2.07 bits per heavy atom. The van der Waals surface area contributed by atoms with Gasteiger partial charge in [-0.3, -0.25) is 4.57 Å². The molecule has 0 radical (unpaired) electrons. The fraction of sp³-hybridized carbons (Fsp3) is 0.211. The zero-order chi connectivity index (χ0) is 22.0. The summed E-state index contributed by atoms with van der Waals surface area (Å²) in [7, 11) is 1.42. The van der Waals surface area contributed by atoms with Gasteiger partial charge in [0.05, 0.1) is 16.7 Å². The number of aliphatic hydroxyl groups excluding tert-OH is 1. The summed E-state index contributed by atoms with van der Waals surface area (Å²) in [6, 6.07) is 7.62. The molecule has 0 saturated carbocycles. The Morgan fingerprint density at radius 1 is 1.33 bits per heavy atom. The van der Waals surface area contributed by atoms with Crippen molar-refractivity contribution < 1.29 is 23.0 Å². The van der Waals surface area contributed by atoms with Gasteiger partial charge in [-0.1, -0.05) is 17.7 Å². The molecule has 0 amide bonds. The van der Waals surface area contributed by atoms with Gasteiger partial charge in [0.1, 0.15) is 18.3 Å². The summed E-state index contributed by atoms with van der Waals surface area (Å²) < 4.78 is 48.5. The Kier molecular flexibility index (Phi) is 6.14. The third-order valence-electron chi connectivity index (χ3n) is 4.27. The number of aliphatic hydroxyl groups is 1. The average Bonchev–Trinajstić information content (AvgIpc) is 3.00. The van der Waals surface area contributed by atoms with Gasteiger partial charge in [0.2, 0.25) is 0 Å². The summed E-state index contributed by atoms with van der Waals surface area (Å²) in [5.41, 5.74) is -1.05. The molecule has 156 valence electrons. The monoisotopic (exact) mass is 438 g/mol. The number of ether oxygens (including phenoxy) is 1. The highest BCUT2D eigenvalue weighted by Gasteiger charge is 2.19.